The molecule has 28 heavy (non-hydrogen) atoms. The van der Waals surface area contributed by atoms with Crippen molar-refractivity contribution in [3.63, 3.8) is 0 Å². The van der Waals surface area contributed by atoms with Crippen LogP contribution in [0.25, 0.3) is 5.82 Å². The third kappa shape index (κ3) is 3.46. The van der Waals surface area contributed by atoms with Gasteiger partial charge in [-0.2, -0.15) is 0 Å². The molecule has 0 amide bonds. The summed E-state index contributed by atoms with van der Waals surface area (Å²) in [5.74, 6) is 0.518. The van der Waals surface area contributed by atoms with Gasteiger partial charge in [-0.05, 0) is 52.3 Å². The molecule has 3 N–H and O–H groups in total. The minimum absolute atomic E-state index is 0.00672. The summed E-state index contributed by atoms with van der Waals surface area (Å²) in [6.07, 6.45) is 2.73. The number of fused-ring (bicyclic) bond motifs is 1. The van der Waals surface area contributed by atoms with Crippen molar-refractivity contribution in [3.05, 3.63) is 69.3 Å². The number of hydrogen-bond donors (Lipinski definition) is 2. The van der Waals surface area contributed by atoms with Crippen molar-refractivity contribution >= 4 is 54.7 Å². The van der Waals surface area contributed by atoms with Gasteiger partial charge in [-0.3, -0.25) is 4.72 Å². The second-order valence-electron chi connectivity index (χ2n) is 5.85. The van der Waals surface area contributed by atoms with E-state index in [-0.39, 0.29) is 10.0 Å². The summed E-state index contributed by atoms with van der Waals surface area (Å²) in [5, 5.41) is 0.904. The van der Waals surface area contributed by atoms with Crippen molar-refractivity contribution in [3.8, 4) is 0 Å². The van der Waals surface area contributed by atoms with Crippen LogP contribution in [0.4, 0.5) is 11.4 Å². The van der Waals surface area contributed by atoms with E-state index < -0.39 is 10.0 Å². The monoisotopic (exact) mass is 481 g/mol. The van der Waals surface area contributed by atoms with E-state index in [1.165, 1.54) is 18.5 Å². The first-order valence-electron chi connectivity index (χ1n) is 7.94. The average Bonchev–Trinajstić information content (AvgIpc) is 3.14. The molecule has 0 fully saturated rings. The molecular formula is C17H13BrClN5O3S. The van der Waals surface area contributed by atoms with Crippen molar-refractivity contribution in [1.29, 1.82) is 0 Å². The van der Waals surface area contributed by atoms with Crippen LogP contribution in [0.3, 0.4) is 0 Å². The minimum atomic E-state index is -3.81. The lowest BCUT2D eigenvalue weighted by atomic mass is 10.2. The Morgan fingerprint density at radius 2 is 2.00 bits per heavy atom. The van der Waals surface area contributed by atoms with Crippen molar-refractivity contribution in [2.75, 3.05) is 16.3 Å². The number of benzene rings is 1. The zero-order chi connectivity index (χ0) is 19.9. The van der Waals surface area contributed by atoms with Gasteiger partial charge < -0.3 is 15.1 Å². The van der Waals surface area contributed by atoms with Crippen LogP contribution in [-0.2, 0) is 10.0 Å². The van der Waals surface area contributed by atoms with Gasteiger partial charge in [0.05, 0.1) is 16.0 Å². The molecule has 0 radical (unpaired) electrons. The highest BCUT2D eigenvalue weighted by atomic mass is 79.9. The van der Waals surface area contributed by atoms with Crippen LogP contribution in [0.1, 0.15) is 0 Å². The van der Waals surface area contributed by atoms with E-state index in [0.29, 0.717) is 28.2 Å². The molecule has 3 aromatic rings. The van der Waals surface area contributed by atoms with Gasteiger partial charge in [0.15, 0.2) is 0 Å². The molecule has 0 atom stereocenters. The Morgan fingerprint density at radius 1 is 1.25 bits per heavy atom. The SMILES string of the molecule is NC1=c2ccoc2=NCN1c1ccc(NS(=O)(=O)c2cnc(Cl)c(Br)c2)cc1. The van der Waals surface area contributed by atoms with Gasteiger partial charge in [0.25, 0.3) is 10.0 Å². The molecule has 0 unspecified atom stereocenters. The summed E-state index contributed by atoms with van der Waals surface area (Å²) < 4.78 is 33.2. The predicted molar refractivity (Wildman–Crippen MR) is 109 cm³/mol. The number of pyridine rings is 1. The number of hydrogen-bond acceptors (Lipinski definition) is 7. The van der Waals surface area contributed by atoms with Crippen LogP contribution in [-0.4, -0.2) is 20.1 Å². The van der Waals surface area contributed by atoms with Crippen LogP contribution in [0, 0.1) is 0 Å². The average molecular weight is 483 g/mol. The lowest BCUT2D eigenvalue weighted by Gasteiger charge is -2.24. The highest BCUT2D eigenvalue weighted by Crippen LogP contribution is 2.25. The van der Waals surface area contributed by atoms with Gasteiger partial charge in [0.2, 0.25) is 5.55 Å². The number of nitrogens with zero attached hydrogens (tertiary/aromatic N) is 3. The molecule has 1 aliphatic rings. The molecule has 0 spiro atoms. The van der Waals surface area contributed by atoms with Crippen molar-refractivity contribution < 1.29 is 12.8 Å². The number of rotatable bonds is 4. The first kappa shape index (κ1) is 18.8. The molecule has 0 saturated carbocycles. The maximum Gasteiger partial charge on any atom is 0.263 e. The van der Waals surface area contributed by atoms with Crippen LogP contribution in [0.2, 0.25) is 5.15 Å². The van der Waals surface area contributed by atoms with Crippen molar-refractivity contribution in [2.24, 2.45) is 10.7 Å². The van der Waals surface area contributed by atoms with Gasteiger partial charge in [0, 0.05) is 17.6 Å². The van der Waals surface area contributed by atoms with Crippen molar-refractivity contribution in [1.82, 2.24) is 4.98 Å². The Labute approximate surface area is 173 Å². The van der Waals surface area contributed by atoms with Gasteiger partial charge in [-0.25, -0.2) is 18.4 Å². The molecule has 3 heterocycles. The largest absolute Gasteiger partial charge is 0.446 e. The molecule has 4 rings (SSSR count). The summed E-state index contributed by atoms with van der Waals surface area (Å²) >= 11 is 8.98. The molecular weight excluding hydrogens is 470 g/mol. The number of nitrogens with two attached hydrogens (primary N) is 1. The minimum Gasteiger partial charge on any atom is -0.446 e. The normalized spacial score (nSPS) is 13.8. The zero-order valence-corrected chi connectivity index (χ0v) is 17.3. The molecule has 1 aromatic carbocycles. The lowest BCUT2D eigenvalue weighted by Crippen LogP contribution is -2.42. The van der Waals surface area contributed by atoms with E-state index in [0.717, 1.165) is 10.9 Å². The van der Waals surface area contributed by atoms with E-state index >= 15 is 0 Å². The summed E-state index contributed by atoms with van der Waals surface area (Å²) in [5.41, 5.74) is 7.86. The molecule has 144 valence electrons. The Hall–Kier alpha value is -2.56. The highest BCUT2D eigenvalue weighted by Gasteiger charge is 2.18. The number of sulfonamides is 1. The maximum atomic E-state index is 12.5. The maximum absolute atomic E-state index is 12.5. The second kappa shape index (κ2) is 7.12. The van der Waals surface area contributed by atoms with E-state index in [4.69, 9.17) is 21.8 Å². The number of anilines is 2. The molecule has 0 saturated heterocycles. The van der Waals surface area contributed by atoms with Gasteiger partial charge in [-0.15, -0.1) is 0 Å². The molecule has 8 nitrogen and oxygen atoms in total. The van der Waals surface area contributed by atoms with Crippen LogP contribution < -0.4 is 26.1 Å². The summed E-state index contributed by atoms with van der Waals surface area (Å²) in [6.45, 7) is 0.307. The summed E-state index contributed by atoms with van der Waals surface area (Å²) in [6, 6.07) is 9.93. The zero-order valence-electron chi connectivity index (χ0n) is 14.1. The Bertz CT molecular complexity index is 1270. The van der Waals surface area contributed by atoms with Gasteiger partial charge in [-0.1, -0.05) is 11.6 Å². The topological polar surface area (TPSA) is 114 Å². The lowest BCUT2D eigenvalue weighted by molar-refractivity contribution is 0.500. The quantitative estimate of drug-likeness (QED) is 0.550. The summed E-state index contributed by atoms with van der Waals surface area (Å²) in [4.78, 5) is 9.96. The number of aromatic nitrogens is 1. The molecule has 11 heteroatoms. The fourth-order valence-corrected chi connectivity index (χ4v) is 4.30. The Morgan fingerprint density at radius 3 is 2.71 bits per heavy atom. The Balaban J connectivity index is 1.58. The molecule has 1 aliphatic heterocycles. The highest BCUT2D eigenvalue weighted by molar-refractivity contribution is 9.10. The summed E-state index contributed by atoms with van der Waals surface area (Å²) in [7, 11) is -3.81. The number of nitrogens with one attached hydrogen (secondary N) is 1. The third-order valence-electron chi connectivity index (χ3n) is 4.08. The Kier molecular flexibility index (Phi) is 4.77. The number of furan rings is 1. The van der Waals surface area contributed by atoms with Crippen LogP contribution in [0.5, 0.6) is 0 Å². The smallest absolute Gasteiger partial charge is 0.263 e. The van der Waals surface area contributed by atoms with Gasteiger partial charge in [0.1, 0.15) is 22.5 Å². The standard InChI is InChI=1S/C17H13BrClN5O3S/c18-14-7-12(8-21-15(14)19)28(25,26)23-10-1-3-11(4-2-10)24-9-22-17-13(16(24)20)5-6-27-17/h1-8,23H,9,20H2. The van der Waals surface area contributed by atoms with Crippen molar-refractivity contribution in [2.45, 2.75) is 4.90 Å². The van der Waals surface area contributed by atoms with Crippen LogP contribution >= 0.6 is 27.5 Å². The predicted octanol–water partition coefficient (Wildman–Crippen LogP) is 2.01. The van der Waals surface area contributed by atoms with E-state index in [1.807, 2.05) is 0 Å². The second-order valence-corrected chi connectivity index (χ2v) is 8.74. The van der Waals surface area contributed by atoms with E-state index in [1.54, 1.807) is 35.2 Å². The molecule has 2 aromatic heterocycles. The fourth-order valence-electron chi connectivity index (χ4n) is 2.67. The van der Waals surface area contributed by atoms with E-state index in [2.05, 4.69) is 30.6 Å². The first-order valence-corrected chi connectivity index (χ1v) is 10.6. The van der Waals surface area contributed by atoms with E-state index in [9.17, 15) is 8.42 Å². The molecule has 0 aliphatic carbocycles. The third-order valence-corrected chi connectivity index (χ3v) is 6.56. The number of halogens is 2. The first-order chi connectivity index (χ1) is 13.3. The molecule has 0 bridgehead atoms. The van der Waals surface area contributed by atoms with Crippen LogP contribution in [0.15, 0.2) is 67.6 Å². The fraction of sp³-hybridized carbons (Fsp3) is 0.0588. The van der Waals surface area contributed by atoms with Gasteiger partial charge >= 0.3 is 0 Å².